The number of anilines is 1. The van der Waals surface area contributed by atoms with Crippen molar-refractivity contribution in [1.29, 1.82) is 0 Å². The first-order chi connectivity index (χ1) is 14.1. The summed E-state index contributed by atoms with van der Waals surface area (Å²) in [5, 5.41) is 3.01. The van der Waals surface area contributed by atoms with Crippen LogP contribution in [0, 0.1) is 0 Å². The molecule has 0 radical (unpaired) electrons. The van der Waals surface area contributed by atoms with Gasteiger partial charge in [-0.2, -0.15) is 0 Å². The van der Waals surface area contributed by atoms with Gasteiger partial charge < -0.3 is 34.1 Å². The highest BCUT2D eigenvalue weighted by atomic mass is 16.7. The van der Waals surface area contributed by atoms with Crippen molar-refractivity contribution >= 4 is 17.6 Å². The van der Waals surface area contributed by atoms with E-state index in [1.807, 2.05) is 18.2 Å². The maximum Gasteiger partial charge on any atom is 0.317 e. The molecule has 4 aliphatic rings. The standard InChI is InChI=1S/C20H25N3O6/c24-18-11-14(13-23(18)15-1-2-16-17(12-15)27-8-7-26-16)21-19(25)22-5-3-20(4-6-22)28-9-10-29-20/h1-2,12,14H,3-11,13H2,(H,21,25)/t14-/m0/s1. The zero-order valence-electron chi connectivity index (χ0n) is 16.2. The van der Waals surface area contributed by atoms with Crippen LogP contribution in [0.2, 0.25) is 0 Å². The summed E-state index contributed by atoms with van der Waals surface area (Å²) in [5.41, 5.74) is 0.756. The summed E-state index contributed by atoms with van der Waals surface area (Å²) in [6, 6.07) is 5.13. The van der Waals surface area contributed by atoms with Crippen molar-refractivity contribution in [2.45, 2.75) is 31.1 Å². The second kappa shape index (κ2) is 7.38. The van der Waals surface area contributed by atoms with E-state index in [0.717, 1.165) is 5.69 Å². The second-order valence-corrected chi connectivity index (χ2v) is 7.78. The lowest BCUT2D eigenvalue weighted by molar-refractivity contribution is -0.181. The number of nitrogens with one attached hydrogen (secondary N) is 1. The van der Waals surface area contributed by atoms with Crippen LogP contribution in [0.15, 0.2) is 18.2 Å². The number of urea groups is 1. The van der Waals surface area contributed by atoms with Crippen LogP contribution in [0.5, 0.6) is 11.5 Å². The predicted octanol–water partition coefficient (Wildman–Crippen LogP) is 1.11. The van der Waals surface area contributed by atoms with Crippen LogP contribution in [0.3, 0.4) is 0 Å². The third-order valence-electron chi connectivity index (χ3n) is 5.92. The normalized spacial score (nSPS) is 25.5. The monoisotopic (exact) mass is 403 g/mol. The van der Waals surface area contributed by atoms with Gasteiger partial charge in [0.1, 0.15) is 13.2 Å². The van der Waals surface area contributed by atoms with E-state index in [9.17, 15) is 9.59 Å². The molecule has 3 saturated heterocycles. The fraction of sp³-hybridized carbons (Fsp3) is 0.600. The molecule has 0 aliphatic carbocycles. The Kier molecular flexibility index (Phi) is 4.71. The zero-order valence-corrected chi connectivity index (χ0v) is 16.2. The van der Waals surface area contributed by atoms with Gasteiger partial charge in [0, 0.05) is 50.7 Å². The lowest BCUT2D eigenvalue weighted by Crippen LogP contribution is -2.52. The highest BCUT2D eigenvalue weighted by Gasteiger charge is 2.41. The fourth-order valence-electron chi connectivity index (χ4n) is 4.36. The molecule has 29 heavy (non-hydrogen) atoms. The Hall–Kier alpha value is -2.52. The third-order valence-corrected chi connectivity index (χ3v) is 5.92. The molecule has 0 unspecified atom stereocenters. The van der Waals surface area contributed by atoms with Crippen molar-refractivity contribution in [1.82, 2.24) is 10.2 Å². The molecule has 4 heterocycles. The number of carbonyl (C=O) groups excluding carboxylic acids is 2. The smallest absolute Gasteiger partial charge is 0.317 e. The van der Waals surface area contributed by atoms with Crippen molar-refractivity contribution in [3.63, 3.8) is 0 Å². The van der Waals surface area contributed by atoms with Crippen molar-refractivity contribution in [3.8, 4) is 11.5 Å². The van der Waals surface area contributed by atoms with Gasteiger partial charge in [-0.3, -0.25) is 4.79 Å². The van der Waals surface area contributed by atoms with Crippen molar-refractivity contribution in [2.24, 2.45) is 0 Å². The van der Waals surface area contributed by atoms with Gasteiger partial charge >= 0.3 is 6.03 Å². The number of piperidine rings is 1. The molecule has 0 saturated carbocycles. The van der Waals surface area contributed by atoms with Crippen molar-refractivity contribution < 1.29 is 28.5 Å². The number of carbonyl (C=O) groups is 2. The average molecular weight is 403 g/mol. The molecule has 1 aromatic carbocycles. The average Bonchev–Trinajstić information content (AvgIpc) is 3.34. The van der Waals surface area contributed by atoms with E-state index in [1.54, 1.807) is 9.80 Å². The molecule has 1 atom stereocenters. The van der Waals surface area contributed by atoms with Crippen LogP contribution in [0.25, 0.3) is 0 Å². The molecule has 1 spiro atoms. The number of nitrogens with zero attached hydrogens (tertiary/aromatic N) is 2. The molecule has 1 aromatic rings. The Bertz CT molecular complexity index is 799. The first-order valence-electron chi connectivity index (χ1n) is 10.2. The van der Waals surface area contributed by atoms with E-state index in [0.29, 0.717) is 70.4 Å². The Morgan fingerprint density at radius 1 is 1.03 bits per heavy atom. The quantitative estimate of drug-likeness (QED) is 0.796. The van der Waals surface area contributed by atoms with Crippen LogP contribution in [-0.4, -0.2) is 74.7 Å². The van der Waals surface area contributed by atoms with Gasteiger partial charge in [0.25, 0.3) is 0 Å². The first-order valence-corrected chi connectivity index (χ1v) is 10.2. The molecule has 1 N–H and O–H groups in total. The van der Waals surface area contributed by atoms with Gasteiger partial charge in [-0.05, 0) is 12.1 Å². The number of amides is 3. The number of ether oxygens (including phenoxy) is 4. The molecular weight excluding hydrogens is 378 g/mol. The highest BCUT2D eigenvalue weighted by molar-refractivity contribution is 5.97. The summed E-state index contributed by atoms with van der Waals surface area (Å²) in [6.07, 6.45) is 1.63. The van der Waals surface area contributed by atoms with Crippen LogP contribution in [0.1, 0.15) is 19.3 Å². The molecule has 3 fully saturated rings. The minimum atomic E-state index is -0.505. The summed E-state index contributed by atoms with van der Waals surface area (Å²) in [4.78, 5) is 28.7. The van der Waals surface area contributed by atoms with Crippen LogP contribution in [-0.2, 0) is 14.3 Å². The second-order valence-electron chi connectivity index (χ2n) is 7.78. The lowest BCUT2D eigenvalue weighted by Gasteiger charge is -2.37. The van der Waals surface area contributed by atoms with Gasteiger partial charge in [-0.15, -0.1) is 0 Å². The van der Waals surface area contributed by atoms with Gasteiger partial charge in [0.15, 0.2) is 17.3 Å². The molecule has 4 aliphatic heterocycles. The predicted molar refractivity (Wildman–Crippen MR) is 102 cm³/mol. The molecule has 9 heteroatoms. The molecule has 9 nitrogen and oxygen atoms in total. The fourth-order valence-corrected chi connectivity index (χ4v) is 4.36. The largest absolute Gasteiger partial charge is 0.486 e. The van der Waals surface area contributed by atoms with E-state index in [1.165, 1.54) is 0 Å². The Labute approximate surface area is 168 Å². The Morgan fingerprint density at radius 3 is 2.52 bits per heavy atom. The molecule has 3 amide bonds. The minimum Gasteiger partial charge on any atom is -0.486 e. The van der Waals surface area contributed by atoms with E-state index < -0.39 is 5.79 Å². The number of hydrogen-bond donors (Lipinski definition) is 1. The third kappa shape index (κ3) is 3.60. The van der Waals surface area contributed by atoms with E-state index in [4.69, 9.17) is 18.9 Å². The highest BCUT2D eigenvalue weighted by Crippen LogP contribution is 2.35. The van der Waals surface area contributed by atoms with Crippen molar-refractivity contribution in [3.05, 3.63) is 18.2 Å². The van der Waals surface area contributed by atoms with Crippen molar-refractivity contribution in [2.75, 3.05) is 51.0 Å². The molecule has 0 bridgehead atoms. The SMILES string of the molecule is O=C(N[C@H]1CC(=O)N(c2ccc3c(c2)OCCO3)C1)N1CCC2(CC1)OCCO2. The van der Waals surface area contributed by atoms with Crippen LogP contribution < -0.4 is 19.7 Å². The topological polar surface area (TPSA) is 89.6 Å². The summed E-state index contributed by atoms with van der Waals surface area (Å²) in [6.45, 7) is 3.86. The zero-order chi connectivity index (χ0) is 19.8. The van der Waals surface area contributed by atoms with E-state index in [-0.39, 0.29) is 24.4 Å². The number of fused-ring (bicyclic) bond motifs is 1. The molecule has 5 rings (SSSR count). The maximum absolute atomic E-state index is 12.7. The van der Waals surface area contributed by atoms with Crippen LogP contribution in [0.4, 0.5) is 10.5 Å². The van der Waals surface area contributed by atoms with Gasteiger partial charge in [0.2, 0.25) is 5.91 Å². The van der Waals surface area contributed by atoms with E-state index in [2.05, 4.69) is 5.32 Å². The van der Waals surface area contributed by atoms with Crippen LogP contribution >= 0.6 is 0 Å². The first kappa shape index (κ1) is 18.5. The number of benzene rings is 1. The Balaban J connectivity index is 1.18. The summed E-state index contributed by atoms with van der Waals surface area (Å²) >= 11 is 0. The van der Waals surface area contributed by atoms with Gasteiger partial charge in [-0.25, -0.2) is 4.79 Å². The number of rotatable bonds is 2. The van der Waals surface area contributed by atoms with Gasteiger partial charge in [-0.1, -0.05) is 0 Å². The maximum atomic E-state index is 12.7. The molecule has 0 aromatic heterocycles. The lowest BCUT2D eigenvalue weighted by atomic mass is 10.0. The minimum absolute atomic E-state index is 0.0164. The number of likely N-dealkylation sites (tertiary alicyclic amines) is 1. The summed E-state index contributed by atoms with van der Waals surface area (Å²) in [7, 11) is 0. The van der Waals surface area contributed by atoms with Gasteiger partial charge in [0.05, 0.1) is 19.3 Å². The summed E-state index contributed by atoms with van der Waals surface area (Å²) in [5.74, 6) is 0.814. The molecule has 156 valence electrons. The Morgan fingerprint density at radius 2 is 1.76 bits per heavy atom. The summed E-state index contributed by atoms with van der Waals surface area (Å²) < 4.78 is 22.6. The molecular formula is C20H25N3O6. The van der Waals surface area contributed by atoms with E-state index >= 15 is 0 Å². The number of hydrogen-bond acceptors (Lipinski definition) is 6.